The monoisotopic (exact) mass is 436 g/mol. The maximum atomic E-state index is 12.4. The van der Waals surface area contributed by atoms with Crippen LogP contribution in [0.25, 0.3) is 0 Å². The lowest BCUT2D eigenvalue weighted by Gasteiger charge is -2.56. The number of hydrogen-bond acceptors (Lipinski definition) is 3. The summed E-state index contributed by atoms with van der Waals surface area (Å²) in [5.41, 5.74) is 2.72. The smallest absolute Gasteiger partial charge is 0.165 e. The second-order valence-corrected chi connectivity index (χ2v) is 11.2. The Morgan fingerprint density at radius 1 is 1.12 bits per heavy atom. The molecule has 0 aliphatic heterocycles. The van der Waals surface area contributed by atoms with Gasteiger partial charge in [-0.2, -0.15) is 0 Å². The van der Waals surface area contributed by atoms with E-state index in [2.05, 4.69) is 52.2 Å². The molecule has 3 nitrogen and oxygen atoms in total. The molecule has 0 radical (unpaired) electrons. The fraction of sp³-hybridized carbons (Fsp3) is 0.621. The molecule has 4 rings (SSSR count). The summed E-state index contributed by atoms with van der Waals surface area (Å²) in [6.07, 6.45) is 16.5. The van der Waals surface area contributed by atoms with Crippen LogP contribution in [0, 0.1) is 40.4 Å². The van der Waals surface area contributed by atoms with Gasteiger partial charge >= 0.3 is 0 Å². The Hall–Kier alpha value is -1.71. The number of fused-ring (bicyclic) bond motifs is 5. The van der Waals surface area contributed by atoms with Crippen LogP contribution in [0.5, 0.6) is 0 Å². The van der Waals surface area contributed by atoms with Crippen LogP contribution in [0.4, 0.5) is 0 Å². The molecular weight excluding hydrogens is 396 g/mol. The molecule has 0 unspecified atom stereocenters. The van der Waals surface area contributed by atoms with Gasteiger partial charge in [0.2, 0.25) is 0 Å². The Morgan fingerprint density at radius 3 is 2.53 bits per heavy atom. The lowest BCUT2D eigenvalue weighted by atomic mass is 9.49. The molecule has 0 aromatic carbocycles. The molecule has 3 fully saturated rings. The molecule has 0 amide bonds. The molecule has 0 aromatic heterocycles. The van der Waals surface area contributed by atoms with Crippen LogP contribution in [-0.2, 0) is 4.79 Å². The van der Waals surface area contributed by atoms with Crippen LogP contribution in [0.2, 0.25) is 0 Å². The number of carbonyl (C=O) groups excluding carboxylic acids is 1. The van der Waals surface area contributed by atoms with Crippen molar-refractivity contribution in [3.63, 3.8) is 0 Å². The third-order valence-electron chi connectivity index (χ3n) is 9.76. The predicted octanol–water partition coefficient (Wildman–Crippen LogP) is 5.57. The van der Waals surface area contributed by atoms with Gasteiger partial charge in [-0.15, -0.1) is 13.2 Å². The minimum atomic E-state index is -0.483. The zero-order valence-corrected chi connectivity index (χ0v) is 20.0. The fourth-order valence-corrected chi connectivity index (χ4v) is 7.77. The van der Waals surface area contributed by atoms with E-state index in [4.69, 9.17) is 0 Å². The fourth-order valence-electron chi connectivity index (χ4n) is 7.77. The van der Waals surface area contributed by atoms with Crippen LogP contribution >= 0.6 is 0 Å². The first-order valence-electron chi connectivity index (χ1n) is 12.4. The molecule has 0 aromatic rings. The van der Waals surface area contributed by atoms with Crippen LogP contribution in [-0.4, -0.2) is 28.2 Å². The summed E-state index contributed by atoms with van der Waals surface area (Å²) in [7, 11) is 0. The van der Waals surface area contributed by atoms with Crippen molar-refractivity contribution in [1.29, 1.82) is 0 Å². The molecule has 0 saturated heterocycles. The van der Waals surface area contributed by atoms with E-state index >= 15 is 0 Å². The lowest BCUT2D eigenvalue weighted by molar-refractivity contribution is -0.115. The summed E-state index contributed by atoms with van der Waals surface area (Å²) in [6, 6.07) is 0. The molecule has 0 heterocycles. The van der Waals surface area contributed by atoms with Gasteiger partial charge in [0.15, 0.2) is 5.78 Å². The zero-order chi connectivity index (χ0) is 23.3. The zero-order valence-electron chi connectivity index (χ0n) is 20.0. The van der Waals surface area contributed by atoms with E-state index in [1.165, 1.54) is 24.0 Å². The summed E-state index contributed by atoms with van der Waals surface area (Å²) >= 11 is 0. The van der Waals surface area contributed by atoms with Crippen LogP contribution < -0.4 is 0 Å². The maximum Gasteiger partial charge on any atom is 0.165 e. The molecule has 8 atom stereocenters. The van der Waals surface area contributed by atoms with Gasteiger partial charge in [0.1, 0.15) is 0 Å². The third kappa shape index (κ3) is 3.53. The Bertz CT molecular complexity index is 871. The van der Waals surface area contributed by atoms with Crippen molar-refractivity contribution in [3.8, 4) is 0 Å². The average Bonchev–Trinajstić information content (AvgIpc) is 3.11. The van der Waals surface area contributed by atoms with E-state index in [1.54, 1.807) is 18.2 Å². The highest BCUT2D eigenvalue weighted by atomic mass is 16.3. The van der Waals surface area contributed by atoms with Crippen LogP contribution in [0.15, 0.2) is 60.8 Å². The summed E-state index contributed by atoms with van der Waals surface area (Å²) in [5, 5.41) is 21.3. The van der Waals surface area contributed by atoms with E-state index < -0.39 is 12.2 Å². The molecule has 2 N–H and O–H groups in total. The lowest BCUT2D eigenvalue weighted by Crippen LogP contribution is -2.52. The predicted molar refractivity (Wildman–Crippen MR) is 130 cm³/mol. The van der Waals surface area contributed by atoms with Gasteiger partial charge < -0.3 is 10.2 Å². The Labute approximate surface area is 193 Å². The van der Waals surface area contributed by atoms with Gasteiger partial charge in [0.25, 0.3) is 0 Å². The number of rotatable bonds is 6. The molecule has 4 aliphatic rings. The van der Waals surface area contributed by atoms with Crippen molar-refractivity contribution in [2.24, 2.45) is 40.4 Å². The first kappa shape index (κ1) is 23.4. The van der Waals surface area contributed by atoms with Crippen LogP contribution in [0.1, 0.15) is 59.3 Å². The summed E-state index contributed by atoms with van der Waals surface area (Å²) < 4.78 is 0. The normalized spacial score (nSPS) is 41.9. The summed E-state index contributed by atoms with van der Waals surface area (Å²) in [6.45, 7) is 14.4. The number of aliphatic hydroxyl groups is 2. The number of allylic oxidation sites excluding steroid dienone is 7. The average molecular weight is 437 g/mol. The van der Waals surface area contributed by atoms with Crippen molar-refractivity contribution in [1.82, 2.24) is 0 Å². The highest BCUT2D eigenvalue weighted by Crippen LogP contribution is 2.65. The van der Waals surface area contributed by atoms with E-state index in [-0.39, 0.29) is 22.5 Å². The topological polar surface area (TPSA) is 57.5 Å². The van der Waals surface area contributed by atoms with Crippen molar-refractivity contribution in [2.75, 3.05) is 0 Å². The minimum absolute atomic E-state index is 0.0549. The summed E-state index contributed by atoms with van der Waals surface area (Å²) in [4.78, 5) is 12.4. The number of aliphatic hydroxyl groups excluding tert-OH is 2. The molecule has 3 heteroatoms. The third-order valence-corrected chi connectivity index (χ3v) is 9.76. The van der Waals surface area contributed by atoms with Crippen molar-refractivity contribution >= 4 is 5.78 Å². The van der Waals surface area contributed by atoms with Crippen LogP contribution in [0.3, 0.4) is 0 Å². The van der Waals surface area contributed by atoms with E-state index in [1.807, 2.05) is 0 Å². The Kier molecular flexibility index (Phi) is 6.28. The number of carbonyl (C=O) groups is 1. The van der Waals surface area contributed by atoms with Gasteiger partial charge in [0.05, 0.1) is 18.1 Å². The van der Waals surface area contributed by atoms with E-state index in [0.717, 1.165) is 12.8 Å². The summed E-state index contributed by atoms with van der Waals surface area (Å²) in [5.74, 6) is 1.52. The molecule has 3 saturated carbocycles. The molecule has 174 valence electrons. The first-order valence-corrected chi connectivity index (χ1v) is 12.4. The van der Waals surface area contributed by atoms with E-state index in [9.17, 15) is 15.0 Å². The quantitative estimate of drug-likeness (QED) is 0.423. The van der Waals surface area contributed by atoms with Crippen molar-refractivity contribution in [2.45, 2.75) is 71.5 Å². The van der Waals surface area contributed by atoms with Gasteiger partial charge in [-0.1, -0.05) is 62.3 Å². The van der Waals surface area contributed by atoms with Crippen molar-refractivity contribution in [3.05, 3.63) is 60.8 Å². The molecule has 4 aliphatic carbocycles. The van der Waals surface area contributed by atoms with Gasteiger partial charge in [-0.3, -0.25) is 4.79 Å². The number of ketones is 1. The van der Waals surface area contributed by atoms with Gasteiger partial charge in [-0.05, 0) is 67.3 Å². The highest BCUT2D eigenvalue weighted by Gasteiger charge is 2.58. The molecular formula is C29H40O3. The number of hydrogen-bond donors (Lipinski definition) is 2. The van der Waals surface area contributed by atoms with E-state index in [0.29, 0.717) is 36.5 Å². The maximum absolute atomic E-state index is 12.4. The second kappa shape index (κ2) is 8.57. The molecule has 32 heavy (non-hydrogen) atoms. The molecule has 0 bridgehead atoms. The van der Waals surface area contributed by atoms with Crippen molar-refractivity contribution < 1.29 is 15.0 Å². The highest BCUT2D eigenvalue weighted by molar-refractivity contribution is 5.94. The van der Waals surface area contributed by atoms with Gasteiger partial charge in [-0.25, -0.2) is 0 Å². The minimum Gasteiger partial charge on any atom is -0.393 e. The largest absolute Gasteiger partial charge is 0.393 e. The Balaban J connectivity index is 1.57. The molecule has 0 spiro atoms. The Morgan fingerprint density at radius 2 is 1.84 bits per heavy atom. The SMILES string of the molecule is C=CC(C=C)C(=O)C=C[C@@H](C)[C@H]1CC[C@H]2C3=CC=C4C[C@@H](O)C[C@H](O)[C@]4(C)[C@H]3CC[C@]12C. The standard InChI is InChI=1S/C29H40O3/c1-6-19(7-2)26(31)13-8-18(3)23-11-12-24-22-10-9-20-16-21(30)17-27(32)29(20,5)25(22)14-15-28(23,24)4/h6-10,13,18-19,21,23-25,27,30,32H,1-2,11-12,14-17H2,3-5H3/t18-,21-,23-,24+,25+,27+,28-,29+/m1/s1. The second-order valence-electron chi connectivity index (χ2n) is 11.2. The van der Waals surface area contributed by atoms with Gasteiger partial charge in [0, 0.05) is 11.8 Å². The first-order chi connectivity index (χ1) is 15.2.